The van der Waals surface area contributed by atoms with Gasteiger partial charge in [-0.1, -0.05) is 49.2 Å². The predicted octanol–water partition coefficient (Wildman–Crippen LogP) is 3.25. The van der Waals surface area contributed by atoms with Crippen molar-refractivity contribution in [3.8, 4) is 0 Å². The van der Waals surface area contributed by atoms with Crippen LogP contribution in [-0.4, -0.2) is 24.1 Å². The van der Waals surface area contributed by atoms with Gasteiger partial charge >= 0.3 is 0 Å². The summed E-state index contributed by atoms with van der Waals surface area (Å²) in [7, 11) is 0. The van der Waals surface area contributed by atoms with E-state index in [9.17, 15) is 9.59 Å². The van der Waals surface area contributed by atoms with E-state index in [0.29, 0.717) is 17.5 Å². The molecule has 1 aliphatic heterocycles. The number of nitrogens with zero attached hydrogens (tertiary/aromatic N) is 1. The van der Waals surface area contributed by atoms with Crippen molar-refractivity contribution in [2.75, 3.05) is 0 Å². The van der Waals surface area contributed by atoms with Gasteiger partial charge in [0.25, 0.3) is 5.91 Å². The summed E-state index contributed by atoms with van der Waals surface area (Å²) in [6.45, 7) is 0. The van der Waals surface area contributed by atoms with Gasteiger partial charge in [0.05, 0.1) is 5.92 Å². The van der Waals surface area contributed by atoms with Gasteiger partial charge in [0, 0.05) is 17.8 Å². The molecule has 2 amide bonds. The van der Waals surface area contributed by atoms with Gasteiger partial charge < -0.3 is 5.32 Å². The van der Waals surface area contributed by atoms with Gasteiger partial charge in [-0.05, 0) is 42.0 Å². The van der Waals surface area contributed by atoms with E-state index in [1.54, 1.807) is 12.3 Å². The zero-order chi connectivity index (χ0) is 17.9. The maximum Gasteiger partial charge on any atom is 0.271 e. The van der Waals surface area contributed by atoms with Gasteiger partial charge in [-0.3, -0.25) is 9.59 Å². The number of carbonyl (C=O) groups excluding carboxylic acids is 2. The number of piperidine rings is 1. The lowest BCUT2D eigenvalue weighted by Crippen LogP contribution is -2.51. The lowest BCUT2D eigenvalue weighted by atomic mass is 9.76. The summed E-state index contributed by atoms with van der Waals surface area (Å²) >= 11 is 0. The molecule has 0 bridgehead atoms. The maximum absolute atomic E-state index is 12.5. The Kier molecular flexibility index (Phi) is 4.69. The number of rotatable bonds is 3. The molecular weight excluding hydrogens is 326 g/mol. The van der Waals surface area contributed by atoms with E-state index in [0.717, 1.165) is 30.0 Å². The van der Waals surface area contributed by atoms with Gasteiger partial charge in [0.1, 0.15) is 0 Å². The fourth-order valence-corrected chi connectivity index (χ4v) is 4.20. The summed E-state index contributed by atoms with van der Waals surface area (Å²) < 4.78 is 0. The van der Waals surface area contributed by atoms with Crippen LogP contribution < -0.4 is 10.7 Å². The van der Waals surface area contributed by atoms with Gasteiger partial charge in [0.2, 0.25) is 5.91 Å². The fourth-order valence-electron chi connectivity index (χ4n) is 4.20. The number of hydrazone groups is 1. The van der Waals surface area contributed by atoms with E-state index in [1.807, 2.05) is 36.4 Å². The van der Waals surface area contributed by atoms with Crippen LogP contribution in [0.5, 0.6) is 0 Å². The third-order valence-corrected chi connectivity index (χ3v) is 5.59. The molecule has 2 aliphatic rings. The van der Waals surface area contributed by atoms with Crippen molar-refractivity contribution in [3.05, 3.63) is 48.0 Å². The Morgan fingerprint density at radius 2 is 1.92 bits per heavy atom. The van der Waals surface area contributed by atoms with Crippen molar-refractivity contribution in [2.45, 2.75) is 38.1 Å². The van der Waals surface area contributed by atoms with Crippen LogP contribution in [0.4, 0.5) is 0 Å². The van der Waals surface area contributed by atoms with Crippen LogP contribution in [0, 0.1) is 11.8 Å². The van der Waals surface area contributed by atoms with Crippen LogP contribution in [0.1, 0.15) is 42.5 Å². The van der Waals surface area contributed by atoms with Crippen LogP contribution >= 0.6 is 0 Å². The maximum atomic E-state index is 12.5. The molecule has 0 radical (unpaired) electrons. The minimum atomic E-state index is -0.262. The number of amides is 2. The number of nitrogens with one attached hydrogen (secondary N) is 2. The van der Waals surface area contributed by atoms with Crippen molar-refractivity contribution < 1.29 is 9.59 Å². The van der Waals surface area contributed by atoms with E-state index in [1.165, 1.54) is 12.8 Å². The second kappa shape index (κ2) is 7.28. The summed E-state index contributed by atoms with van der Waals surface area (Å²) in [5, 5.41) is 9.11. The first-order chi connectivity index (χ1) is 12.7. The third kappa shape index (κ3) is 3.34. The highest BCUT2D eigenvalue weighted by molar-refractivity contribution is 6.07. The molecule has 0 aromatic heterocycles. The molecule has 3 atom stereocenters. The number of carbonyl (C=O) groups is 2. The summed E-state index contributed by atoms with van der Waals surface area (Å²) in [6, 6.07) is 13.7. The number of hydrogen-bond acceptors (Lipinski definition) is 3. The largest absolute Gasteiger partial charge is 0.353 e. The first-order valence-electron chi connectivity index (χ1n) is 9.34. The normalized spacial score (nSPS) is 25.7. The minimum absolute atomic E-state index is 0.0244. The summed E-state index contributed by atoms with van der Waals surface area (Å²) in [6.07, 6.45) is 7.09. The van der Waals surface area contributed by atoms with Crippen LogP contribution in [0.15, 0.2) is 47.6 Å². The van der Waals surface area contributed by atoms with Crippen molar-refractivity contribution in [2.24, 2.45) is 16.9 Å². The first kappa shape index (κ1) is 16.8. The molecule has 2 N–H and O–H groups in total. The predicted molar refractivity (Wildman–Crippen MR) is 102 cm³/mol. The molecule has 1 saturated heterocycles. The van der Waals surface area contributed by atoms with E-state index in [2.05, 4.69) is 15.8 Å². The molecule has 5 heteroatoms. The summed E-state index contributed by atoms with van der Waals surface area (Å²) in [4.78, 5) is 24.7. The Balaban J connectivity index is 1.43. The average Bonchev–Trinajstić information content (AvgIpc) is 2.67. The topological polar surface area (TPSA) is 70.6 Å². The van der Waals surface area contributed by atoms with Gasteiger partial charge in [-0.2, -0.15) is 5.10 Å². The van der Waals surface area contributed by atoms with Crippen LogP contribution in [-0.2, 0) is 4.79 Å². The highest BCUT2D eigenvalue weighted by Crippen LogP contribution is 2.32. The Labute approximate surface area is 152 Å². The highest BCUT2D eigenvalue weighted by Gasteiger charge is 2.35. The van der Waals surface area contributed by atoms with E-state index in [4.69, 9.17) is 0 Å². The monoisotopic (exact) mass is 349 g/mol. The second-order valence-corrected chi connectivity index (χ2v) is 7.25. The molecule has 1 saturated carbocycles. The highest BCUT2D eigenvalue weighted by atomic mass is 16.2. The summed E-state index contributed by atoms with van der Waals surface area (Å²) in [5.74, 6) is 0.0370. The molecule has 2 aromatic rings. The zero-order valence-corrected chi connectivity index (χ0v) is 14.7. The number of benzene rings is 2. The quantitative estimate of drug-likeness (QED) is 0.660. The van der Waals surface area contributed by atoms with E-state index < -0.39 is 0 Å². The molecule has 1 heterocycles. The van der Waals surface area contributed by atoms with Crippen molar-refractivity contribution in [1.82, 2.24) is 10.7 Å². The smallest absolute Gasteiger partial charge is 0.271 e. The van der Waals surface area contributed by atoms with Gasteiger partial charge in [0.15, 0.2) is 0 Å². The van der Waals surface area contributed by atoms with Gasteiger partial charge in [-0.15, -0.1) is 0 Å². The molecule has 26 heavy (non-hydrogen) atoms. The molecule has 134 valence electrons. The molecule has 3 unspecified atom stereocenters. The van der Waals surface area contributed by atoms with Crippen molar-refractivity contribution >= 4 is 28.8 Å². The van der Waals surface area contributed by atoms with Crippen molar-refractivity contribution in [1.29, 1.82) is 0 Å². The Morgan fingerprint density at radius 1 is 1.12 bits per heavy atom. The molecular formula is C21H23N3O2. The molecule has 2 aromatic carbocycles. The average molecular weight is 349 g/mol. The minimum Gasteiger partial charge on any atom is -0.353 e. The standard InChI is InChI=1S/C21H23N3O2/c25-20-16(12-15-7-2-4-11-19(15)23-20)13-22-24-21(26)18-10-5-8-14-6-1-3-9-17(14)18/h1,3,5-6,8-10,13,15-16,19H,2,4,7,11-12H2,(H,23,25)(H,24,26)/b22-13+. The molecule has 2 fully saturated rings. The Morgan fingerprint density at radius 3 is 2.85 bits per heavy atom. The molecule has 0 spiro atoms. The lowest BCUT2D eigenvalue weighted by Gasteiger charge is -2.38. The van der Waals surface area contributed by atoms with Crippen LogP contribution in [0.3, 0.4) is 0 Å². The third-order valence-electron chi connectivity index (χ3n) is 5.59. The molecule has 4 rings (SSSR count). The van der Waals surface area contributed by atoms with Gasteiger partial charge in [-0.25, -0.2) is 5.43 Å². The summed E-state index contributed by atoms with van der Waals surface area (Å²) in [5.41, 5.74) is 3.17. The van der Waals surface area contributed by atoms with E-state index >= 15 is 0 Å². The van der Waals surface area contributed by atoms with E-state index in [-0.39, 0.29) is 17.7 Å². The Hall–Kier alpha value is -2.69. The molecule has 5 nitrogen and oxygen atoms in total. The first-order valence-corrected chi connectivity index (χ1v) is 9.34. The molecule has 1 aliphatic carbocycles. The van der Waals surface area contributed by atoms with Crippen LogP contribution in [0.2, 0.25) is 0 Å². The van der Waals surface area contributed by atoms with Crippen molar-refractivity contribution in [3.63, 3.8) is 0 Å². The zero-order valence-electron chi connectivity index (χ0n) is 14.7. The fraction of sp³-hybridized carbons (Fsp3) is 0.381. The number of hydrogen-bond donors (Lipinski definition) is 2. The lowest BCUT2D eigenvalue weighted by molar-refractivity contribution is -0.127. The van der Waals surface area contributed by atoms with Crippen LogP contribution in [0.25, 0.3) is 10.8 Å². The SMILES string of the molecule is O=C(N/N=C/C1CC2CCCCC2NC1=O)c1cccc2ccccc12. The second-order valence-electron chi connectivity index (χ2n) is 7.25. The number of fused-ring (bicyclic) bond motifs is 2. The Bertz CT molecular complexity index is 856.